The van der Waals surface area contributed by atoms with Gasteiger partial charge in [0.1, 0.15) is 5.69 Å². The molecule has 0 amide bonds. The van der Waals surface area contributed by atoms with Gasteiger partial charge in [-0.25, -0.2) is 4.98 Å². The lowest BCUT2D eigenvalue weighted by Crippen LogP contribution is -2.22. The first kappa shape index (κ1) is 19.6. The highest BCUT2D eigenvalue weighted by atomic mass is 35.5. The molecule has 0 N–H and O–H groups in total. The highest BCUT2D eigenvalue weighted by molar-refractivity contribution is 6.34. The molecule has 12 heteroatoms. The molecule has 0 radical (unpaired) electrons. The Morgan fingerprint density at radius 3 is 2.39 bits per heavy atom. The fourth-order valence-electron chi connectivity index (χ4n) is 3.65. The Kier molecular flexibility index (Phi) is 4.33. The highest BCUT2D eigenvalue weighted by Crippen LogP contribution is 2.41. The van der Waals surface area contributed by atoms with Crippen molar-refractivity contribution >= 4 is 11.6 Å². The molecule has 0 saturated carbocycles. The molecular weight excluding hydrogens is 433 g/mol. The Bertz CT molecular complexity index is 1290. The second kappa shape index (κ2) is 6.84. The molecule has 1 aromatic carbocycles. The molecular formula is C19H14ClF3N8. The number of aromatic nitrogens is 8. The van der Waals surface area contributed by atoms with Crippen LogP contribution in [0.1, 0.15) is 24.2 Å². The fourth-order valence-corrected chi connectivity index (χ4v) is 3.97. The van der Waals surface area contributed by atoms with Gasteiger partial charge in [0.15, 0.2) is 11.6 Å². The molecule has 1 aliphatic heterocycles. The van der Waals surface area contributed by atoms with E-state index < -0.39 is 16.8 Å². The average molecular weight is 447 g/mol. The Balaban J connectivity index is 1.64. The first-order valence-corrected chi connectivity index (χ1v) is 9.67. The van der Waals surface area contributed by atoms with Crippen LogP contribution in [0.4, 0.5) is 13.2 Å². The molecule has 0 bridgehead atoms. The third kappa shape index (κ3) is 3.07. The first-order chi connectivity index (χ1) is 14.8. The minimum atomic E-state index is -4.58. The fraction of sp³-hybridized carbons (Fsp3) is 0.263. The molecule has 0 unspecified atom stereocenters. The van der Waals surface area contributed by atoms with Crippen LogP contribution in [0.15, 0.2) is 30.6 Å². The van der Waals surface area contributed by atoms with E-state index in [1.807, 2.05) is 18.4 Å². The van der Waals surface area contributed by atoms with E-state index in [0.717, 1.165) is 11.8 Å². The van der Waals surface area contributed by atoms with Crippen LogP contribution >= 0.6 is 11.6 Å². The number of fused-ring (bicyclic) bond motifs is 3. The van der Waals surface area contributed by atoms with Crippen LogP contribution in [0.2, 0.25) is 5.02 Å². The molecule has 158 valence electrons. The number of nitrogens with zero attached hydrogens (tertiary/aromatic N) is 8. The van der Waals surface area contributed by atoms with Crippen molar-refractivity contribution in [3.63, 3.8) is 0 Å². The SMILES string of the molecule is Cc1cnc(-c2nnc3n2C[C@H](C)n2c(-c4cccc(C(F)(F)F)c4Cl)nnc2-3)cn1. The van der Waals surface area contributed by atoms with E-state index in [0.29, 0.717) is 29.7 Å². The summed E-state index contributed by atoms with van der Waals surface area (Å²) in [6.07, 6.45) is -1.32. The number of benzene rings is 1. The van der Waals surface area contributed by atoms with E-state index in [1.54, 1.807) is 17.0 Å². The van der Waals surface area contributed by atoms with Gasteiger partial charge in [0, 0.05) is 18.3 Å². The zero-order chi connectivity index (χ0) is 21.9. The number of hydrogen-bond donors (Lipinski definition) is 0. The Morgan fingerprint density at radius 1 is 0.968 bits per heavy atom. The molecule has 0 fully saturated rings. The zero-order valence-electron chi connectivity index (χ0n) is 16.3. The number of hydrogen-bond acceptors (Lipinski definition) is 6. The molecule has 31 heavy (non-hydrogen) atoms. The Morgan fingerprint density at radius 2 is 1.68 bits per heavy atom. The smallest absolute Gasteiger partial charge is 0.301 e. The maximum Gasteiger partial charge on any atom is 0.417 e. The van der Waals surface area contributed by atoms with Crippen molar-refractivity contribution in [3.05, 3.63) is 46.9 Å². The summed E-state index contributed by atoms with van der Waals surface area (Å²) >= 11 is 6.12. The standard InChI is InChI=1S/C19H14ClF3N8/c1-9-6-25-13(7-24-9)16-27-28-17-18-29-26-15(31(18)10(2)8-30(16)17)11-4-3-5-12(14(11)20)19(21,22)23/h3-7,10H,8H2,1-2H3/t10-/m0/s1. The van der Waals surface area contributed by atoms with Crippen LogP contribution in [-0.4, -0.2) is 39.5 Å². The van der Waals surface area contributed by atoms with Gasteiger partial charge in [0.25, 0.3) is 0 Å². The van der Waals surface area contributed by atoms with Gasteiger partial charge in [0.2, 0.25) is 11.6 Å². The van der Waals surface area contributed by atoms with Crippen molar-refractivity contribution in [2.45, 2.75) is 32.6 Å². The van der Waals surface area contributed by atoms with Crippen molar-refractivity contribution in [1.82, 2.24) is 39.5 Å². The summed E-state index contributed by atoms with van der Waals surface area (Å²) in [4.78, 5) is 8.60. The van der Waals surface area contributed by atoms with Crippen LogP contribution in [0, 0.1) is 6.92 Å². The van der Waals surface area contributed by atoms with Crippen molar-refractivity contribution in [3.8, 4) is 34.6 Å². The van der Waals surface area contributed by atoms with E-state index in [4.69, 9.17) is 11.6 Å². The molecule has 0 spiro atoms. The number of rotatable bonds is 2. The van der Waals surface area contributed by atoms with E-state index in [1.165, 1.54) is 12.1 Å². The summed E-state index contributed by atoms with van der Waals surface area (Å²) in [5, 5.41) is 16.4. The topological polar surface area (TPSA) is 87.2 Å². The summed E-state index contributed by atoms with van der Waals surface area (Å²) in [7, 11) is 0. The molecule has 0 aliphatic carbocycles. The summed E-state index contributed by atoms with van der Waals surface area (Å²) in [6, 6.07) is 3.53. The van der Waals surface area contributed by atoms with Crippen molar-refractivity contribution in [1.29, 1.82) is 0 Å². The predicted molar refractivity (Wildman–Crippen MR) is 105 cm³/mol. The van der Waals surface area contributed by atoms with Gasteiger partial charge in [-0.1, -0.05) is 17.7 Å². The van der Waals surface area contributed by atoms with Gasteiger partial charge in [-0.05, 0) is 26.0 Å². The highest BCUT2D eigenvalue weighted by Gasteiger charge is 2.36. The van der Waals surface area contributed by atoms with E-state index >= 15 is 0 Å². The maximum atomic E-state index is 13.3. The van der Waals surface area contributed by atoms with Gasteiger partial charge >= 0.3 is 6.18 Å². The Labute approximate surface area is 178 Å². The lowest BCUT2D eigenvalue weighted by Gasteiger charge is -2.25. The van der Waals surface area contributed by atoms with Crippen LogP contribution in [0.3, 0.4) is 0 Å². The van der Waals surface area contributed by atoms with E-state index in [-0.39, 0.29) is 17.4 Å². The second-order valence-electron chi connectivity index (χ2n) is 7.23. The number of aryl methyl sites for hydroxylation is 1. The quantitative estimate of drug-likeness (QED) is 0.458. The van der Waals surface area contributed by atoms with E-state index in [9.17, 15) is 13.2 Å². The van der Waals surface area contributed by atoms with Crippen LogP contribution in [0.25, 0.3) is 34.6 Å². The zero-order valence-corrected chi connectivity index (χ0v) is 17.0. The summed E-state index contributed by atoms with van der Waals surface area (Å²) < 4.78 is 43.5. The summed E-state index contributed by atoms with van der Waals surface area (Å²) in [6.45, 7) is 4.19. The second-order valence-corrected chi connectivity index (χ2v) is 7.61. The monoisotopic (exact) mass is 446 g/mol. The lowest BCUT2D eigenvalue weighted by molar-refractivity contribution is -0.137. The van der Waals surface area contributed by atoms with Crippen LogP contribution in [0.5, 0.6) is 0 Å². The molecule has 3 aromatic heterocycles. The number of halogens is 4. The molecule has 0 saturated heterocycles. The molecule has 8 nitrogen and oxygen atoms in total. The third-order valence-electron chi connectivity index (χ3n) is 5.09. The normalized spacial score (nSPS) is 15.6. The van der Waals surface area contributed by atoms with Gasteiger partial charge < -0.3 is 4.57 Å². The third-order valence-corrected chi connectivity index (χ3v) is 5.50. The van der Waals surface area contributed by atoms with Gasteiger partial charge in [-0.2, -0.15) is 13.2 Å². The lowest BCUT2D eigenvalue weighted by atomic mass is 10.1. The average Bonchev–Trinajstić information content (AvgIpc) is 3.33. The van der Waals surface area contributed by atoms with Crippen LogP contribution in [-0.2, 0) is 12.7 Å². The largest absolute Gasteiger partial charge is 0.417 e. The molecule has 4 aromatic rings. The van der Waals surface area contributed by atoms with Gasteiger partial charge in [-0.3, -0.25) is 9.55 Å². The van der Waals surface area contributed by atoms with Crippen molar-refractivity contribution in [2.75, 3.05) is 0 Å². The maximum absolute atomic E-state index is 13.3. The molecule has 1 atom stereocenters. The minimum Gasteiger partial charge on any atom is -0.301 e. The van der Waals surface area contributed by atoms with Gasteiger partial charge in [-0.15, -0.1) is 20.4 Å². The Hall–Kier alpha value is -3.34. The molecule has 1 aliphatic rings. The van der Waals surface area contributed by atoms with E-state index in [2.05, 4.69) is 30.4 Å². The van der Waals surface area contributed by atoms with Crippen LogP contribution < -0.4 is 0 Å². The molecule has 4 heterocycles. The number of alkyl halides is 3. The van der Waals surface area contributed by atoms with Gasteiger partial charge in [0.05, 0.1) is 28.5 Å². The first-order valence-electron chi connectivity index (χ1n) is 9.29. The van der Waals surface area contributed by atoms with Crippen molar-refractivity contribution in [2.24, 2.45) is 0 Å². The van der Waals surface area contributed by atoms with Crippen molar-refractivity contribution < 1.29 is 13.2 Å². The molecule has 5 rings (SSSR count). The minimum absolute atomic E-state index is 0.152. The predicted octanol–water partition coefficient (Wildman–Crippen LogP) is 4.22. The summed E-state index contributed by atoms with van der Waals surface area (Å²) in [5.41, 5.74) is 0.569. The summed E-state index contributed by atoms with van der Waals surface area (Å²) in [5.74, 6) is 1.60.